The first kappa shape index (κ1) is 21.9. The Morgan fingerprint density at radius 1 is 1.03 bits per heavy atom. The summed E-state index contributed by atoms with van der Waals surface area (Å²) >= 11 is 0. The van der Waals surface area contributed by atoms with Gasteiger partial charge in [-0.3, -0.25) is 10.1 Å². The van der Waals surface area contributed by atoms with E-state index < -0.39 is 10.8 Å². The molecule has 0 aromatic heterocycles. The maximum Gasteiger partial charge on any atom is 0.269 e. The van der Waals surface area contributed by atoms with E-state index in [0.717, 1.165) is 33.2 Å². The van der Waals surface area contributed by atoms with Crippen LogP contribution in [0.15, 0.2) is 101 Å². The van der Waals surface area contributed by atoms with Crippen LogP contribution < -0.4 is 9.47 Å². The fourth-order valence-corrected chi connectivity index (χ4v) is 4.20. The van der Waals surface area contributed by atoms with Gasteiger partial charge in [-0.1, -0.05) is 48.5 Å². The largest absolute Gasteiger partial charge is 0.497 e. The summed E-state index contributed by atoms with van der Waals surface area (Å²) in [6.45, 7) is 0. The van der Waals surface area contributed by atoms with E-state index in [2.05, 4.69) is 11.1 Å². The Balaban J connectivity index is 1.66. The van der Waals surface area contributed by atoms with Gasteiger partial charge in [-0.25, -0.2) is 4.99 Å². The number of fused-ring (bicyclic) bond motifs is 3. The van der Waals surface area contributed by atoms with Crippen molar-refractivity contribution >= 4 is 22.7 Å². The topological polar surface area (TPSA) is 97.8 Å². The Bertz CT molecular complexity index is 1530. The minimum absolute atomic E-state index is 0.0141. The van der Waals surface area contributed by atoms with Gasteiger partial charge in [-0.15, -0.1) is 0 Å². The van der Waals surface area contributed by atoms with Gasteiger partial charge in [0.15, 0.2) is 0 Å². The number of rotatable bonds is 5. The molecule has 0 aliphatic carbocycles. The number of ether oxygens (including phenoxy) is 2. The first-order valence-corrected chi connectivity index (χ1v) is 10.9. The summed E-state index contributed by atoms with van der Waals surface area (Å²) in [5.41, 5.74) is 2.67. The summed E-state index contributed by atoms with van der Waals surface area (Å²) < 4.78 is 11.5. The number of aliphatic imine (C=N–C) groups is 1. The second-order valence-electron chi connectivity index (χ2n) is 7.95. The maximum atomic E-state index is 11.2. The van der Waals surface area contributed by atoms with Crippen molar-refractivity contribution in [3.05, 3.63) is 123 Å². The molecule has 1 aliphatic heterocycles. The Kier molecular flexibility index (Phi) is 5.70. The van der Waals surface area contributed by atoms with Crippen LogP contribution in [0.25, 0.3) is 10.8 Å². The summed E-state index contributed by atoms with van der Waals surface area (Å²) in [5, 5.41) is 23.2. The lowest BCUT2D eigenvalue weighted by atomic mass is 9.82. The van der Waals surface area contributed by atoms with Crippen molar-refractivity contribution in [3.63, 3.8) is 0 Å². The molecule has 0 radical (unpaired) electrons. The van der Waals surface area contributed by atoms with Crippen LogP contribution in [0.4, 0.5) is 5.69 Å². The number of nitrogens with zero attached hydrogens (tertiary/aromatic N) is 3. The number of nitro groups is 1. The van der Waals surface area contributed by atoms with Crippen molar-refractivity contribution in [3.8, 4) is 17.6 Å². The number of hydrogen-bond donors (Lipinski definition) is 0. The van der Waals surface area contributed by atoms with Crippen LogP contribution in [-0.2, 0) is 0 Å². The number of nitriles is 1. The highest BCUT2D eigenvalue weighted by Gasteiger charge is 2.32. The quantitative estimate of drug-likeness (QED) is 0.202. The lowest BCUT2D eigenvalue weighted by Gasteiger charge is -2.27. The van der Waals surface area contributed by atoms with E-state index in [9.17, 15) is 15.4 Å². The molecule has 1 unspecified atom stereocenters. The standard InChI is InChI=1S/C28H19N3O4/c1-34-22-13-6-18(7-14-22)17-30-28-25(16-29)26(20-8-11-21(12-9-20)31(32)33)24-15-10-19-4-2-3-5-23(19)27(24)35-28/h2-15,17,26H,1H3/b30-17+. The van der Waals surface area contributed by atoms with Crippen molar-refractivity contribution < 1.29 is 14.4 Å². The first-order chi connectivity index (χ1) is 17.1. The van der Waals surface area contributed by atoms with Crippen molar-refractivity contribution in [1.29, 1.82) is 5.26 Å². The zero-order valence-corrected chi connectivity index (χ0v) is 18.7. The van der Waals surface area contributed by atoms with Gasteiger partial charge in [0, 0.05) is 29.3 Å². The molecule has 4 aromatic carbocycles. The van der Waals surface area contributed by atoms with Gasteiger partial charge < -0.3 is 9.47 Å². The average Bonchev–Trinajstić information content (AvgIpc) is 2.91. The predicted molar refractivity (Wildman–Crippen MR) is 133 cm³/mol. The molecule has 0 spiro atoms. The molecule has 1 aliphatic rings. The summed E-state index contributed by atoms with van der Waals surface area (Å²) in [5.74, 6) is 1.05. The Morgan fingerprint density at radius 3 is 2.46 bits per heavy atom. The minimum Gasteiger partial charge on any atom is -0.497 e. The number of nitro benzene ring substituents is 1. The minimum atomic E-state index is -0.489. The highest BCUT2D eigenvalue weighted by molar-refractivity contribution is 5.91. The molecule has 170 valence electrons. The molecular formula is C28H19N3O4. The van der Waals surface area contributed by atoms with E-state index in [4.69, 9.17) is 9.47 Å². The lowest BCUT2D eigenvalue weighted by Crippen LogP contribution is -2.16. The van der Waals surface area contributed by atoms with Crippen LogP contribution in [0.5, 0.6) is 11.5 Å². The zero-order chi connectivity index (χ0) is 24.4. The second kappa shape index (κ2) is 9.12. The van der Waals surface area contributed by atoms with Crippen molar-refractivity contribution in [1.82, 2.24) is 0 Å². The summed E-state index contributed by atoms with van der Waals surface area (Å²) in [4.78, 5) is 15.3. The lowest BCUT2D eigenvalue weighted by molar-refractivity contribution is -0.384. The molecule has 0 bridgehead atoms. The molecule has 0 amide bonds. The molecule has 0 N–H and O–H groups in total. The Morgan fingerprint density at radius 2 is 1.77 bits per heavy atom. The molecule has 0 fully saturated rings. The van der Waals surface area contributed by atoms with Gasteiger partial charge in [0.05, 0.1) is 18.0 Å². The van der Waals surface area contributed by atoms with E-state index in [1.807, 2.05) is 60.7 Å². The molecular weight excluding hydrogens is 442 g/mol. The van der Waals surface area contributed by atoms with E-state index in [1.165, 1.54) is 12.1 Å². The number of methoxy groups -OCH3 is 1. The Hall–Kier alpha value is -4.96. The third-order valence-corrected chi connectivity index (χ3v) is 5.94. The molecule has 7 nitrogen and oxygen atoms in total. The van der Waals surface area contributed by atoms with Crippen molar-refractivity contribution in [2.75, 3.05) is 7.11 Å². The van der Waals surface area contributed by atoms with Gasteiger partial charge in [0.2, 0.25) is 5.88 Å². The van der Waals surface area contributed by atoms with E-state index in [-0.39, 0.29) is 11.6 Å². The van der Waals surface area contributed by atoms with Crippen LogP contribution in [-0.4, -0.2) is 18.2 Å². The van der Waals surface area contributed by atoms with Gasteiger partial charge in [-0.05, 0) is 40.8 Å². The van der Waals surface area contributed by atoms with E-state index in [0.29, 0.717) is 11.3 Å². The van der Waals surface area contributed by atoms with Gasteiger partial charge >= 0.3 is 0 Å². The highest BCUT2D eigenvalue weighted by Crippen LogP contribution is 2.46. The summed E-state index contributed by atoms with van der Waals surface area (Å²) in [6, 6.07) is 27.6. The number of allylic oxidation sites excluding steroid dienone is 1. The SMILES string of the molecule is COc1ccc(/C=N/C2=C(C#N)C(c3ccc([N+](=O)[O-])cc3)c3ccc4ccccc4c3O2)cc1. The molecule has 0 saturated heterocycles. The smallest absolute Gasteiger partial charge is 0.269 e. The first-order valence-electron chi connectivity index (χ1n) is 10.9. The number of non-ortho nitro benzene ring substituents is 1. The van der Waals surface area contributed by atoms with Crippen LogP contribution in [0.3, 0.4) is 0 Å². The molecule has 1 atom stereocenters. The van der Waals surface area contributed by atoms with E-state index in [1.54, 1.807) is 25.5 Å². The van der Waals surface area contributed by atoms with Crippen LogP contribution >= 0.6 is 0 Å². The summed E-state index contributed by atoms with van der Waals surface area (Å²) in [6.07, 6.45) is 1.63. The zero-order valence-electron chi connectivity index (χ0n) is 18.7. The molecule has 35 heavy (non-hydrogen) atoms. The highest BCUT2D eigenvalue weighted by atomic mass is 16.6. The third kappa shape index (κ3) is 4.09. The second-order valence-corrected chi connectivity index (χ2v) is 7.95. The van der Waals surface area contributed by atoms with Gasteiger partial charge in [0.25, 0.3) is 5.69 Å². The summed E-state index contributed by atoms with van der Waals surface area (Å²) in [7, 11) is 1.60. The van der Waals surface area contributed by atoms with Crippen LogP contribution in [0.1, 0.15) is 22.6 Å². The molecule has 1 heterocycles. The average molecular weight is 461 g/mol. The fraction of sp³-hybridized carbons (Fsp3) is 0.0714. The normalized spacial score (nSPS) is 14.9. The maximum absolute atomic E-state index is 11.2. The molecule has 7 heteroatoms. The fourth-order valence-electron chi connectivity index (χ4n) is 4.20. The van der Waals surface area contributed by atoms with Crippen LogP contribution in [0, 0.1) is 21.4 Å². The molecule has 4 aromatic rings. The van der Waals surface area contributed by atoms with Crippen LogP contribution in [0.2, 0.25) is 0 Å². The van der Waals surface area contributed by atoms with E-state index >= 15 is 0 Å². The molecule has 5 rings (SSSR count). The van der Waals surface area contributed by atoms with Crippen molar-refractivity contribution in [2.24, 2.45) is 4.99 Å². The number of benzene rings is 4. The predicted octanol–water partition coefficient (Wildman–Crippen LogP) is 6.14. The molecule has 0 saturated carbocycles. The Labute approximate surface area is 201 Å². The van der Waals surface area contributed by atoms with Gasteiger partial charge in [0.1, 0.15) is 23.1 Å². The number of hydrogen-bond acceptors (Lipinski definition) is 6. The monoisotopic (exact) mass is 461 g/mol. The van der Waals surface area contributed by atoms with Crippen molar-refractivity contribution in [2.45, 2.75) is 5.92 Å². The third-order valence-electron chi connectivity index (χ3n) is 5.94. The van der Waals surface area contributed by atoms with Gasteiger partial charge in [-0.2, -0.15) is 5.26 Å².